The highest BCUT2D eigenvalue weighted by atomic mass is 16.5. The van der Waals surface area contributed by atoms with Gasteiger partial charge in [0.25, 0.3) is 0 Å². The fourth-order valence-electron chi connectivity index (χ4n) is 2.30. The predicted molar refractivity (Wildman–Crippen MR) is 100 cm³/mol. The Bertz CT molecular complexity index is 531. The molecule has 2 rings (SSSR count). The molecule has 0 atom stereocenters. The minimum atomic E-state index is 0.721. The lowest BCUT2D eigenvalue weighted by Gasteiger charge is -2.09. The maximum absolute atomic E-state index is 5.89. The average molecular weight is 344 g/mol. The van der Waals surface area contributed by atoms with E-state index in [0.29, 0.717) is 0 Å². The van der Waals surface area contributed by atoms with E-state index < -0.39 is 0 Å². The van der Waals surface area contributed by atoms with Crippen LogP contribution in [0.4, 0.5) is 0 Å². The lowest BCUT2D eigenvalue weighted by molar-refractivity contribution is 0.199. The van der Waals surface area contributed by atoms with Gasteiger partial charge in [0, 0.05) is 40.4 Å². The molecule has 0 amide bonds. The smallest absolute Gasteiger partial charge is 0.127 e. The number of rotatable bonds is 12. The fraction of sp³-hybridized carbons (Fsp3) is 0.400. The third-order valence-electron chi connectivity index (χ3n) is 3.71. The maximum atomic E-state index is 5.89. The zero-order valence-corrected chi connectivity index (χ0v) is 15.1. The van der Waals surface area contributed by atoms with Gasteiger partial charge >= 0.3 is 0 Å². The summed E-state index contributed by atoms with van der Waals surface area (Å²) in [4.78, 5) is 0. The van der Waals surface area contributed by atoms with Gasteiger partial charge in [-0.1, -0.05) is 24.3 Å². The highest BCUT2D eigenvalue weighted by Gasteiger charge is 1.99. The lowest BCUT2D eigenvalue weighted by atomic mass is 10.2. The first kappa shape index (κ1) is 19.4. The zero-order chi connectivity index (χ0) is 17.7. The Labute approximate surface area is 150 Å². The van der Waals surface area contributed by atoms with Crippen LogP contribution in [0, 0.1) is 0 Å². The first-order chi connectivity index (χ1) is 12.3. The summed E-state index contributed by atoms with van der Waals surface area (Å²) in [6.45, 7) is 4.80. The Kier molecular flexibility index (Phi) is 9.01. The zero-order valence-electron chi connectivity index (χ0n) is 15.1. The van der Waals surface area contributed by atoms with Crippen LogP contribution in [0.25, 0.3) is 0 Å². The normalized spacial score (nSPS) is 10.8. The van der Waals surface area contributed by atoms with Crippen molar-refractivity contribution >= 4 is 0 Å². The largest absolute Gasteiger partial charge is 0.457 e. The molecule has 136 valence electrons. The first-order valence-electron chi connectivity index (χ1n) is 8.57. The van der Waals surface area contributed by atoms with E-state index >= 15 is 0 Å². The Morgan fingerprint density at radius 1 is 0.640 bits per heavy atom. The molecule has 0 saturated carbocycles. The summed E-state index contributed by atoms with van der Waals surface area (Å²) in [5.74, 6) is 1.68. The Balaban J connectivity index is 1.77. The van der Waals surface area contributed by atoms with Crippen molar-refractivity contribution in [2.75, 3.05) is 40.5 Å². The molecule has 2 N–H and O–H groups in total. The van der Waals surface area contributed by atoms with Crippen LogP contribution in [0.3, 0.4) is 0 Å². The number of hydrogen-bond acceptors (Lipinski definition) is 5. The van der Waals surface area contributed by atoms with Crippen molar-refractivity contribution in [2.24, 2.45) is 0 Å². The van der Waals surface area contributed by atoms with E-state index in [4.69, 9.17) is 14.2 Å². The van der Waals surface area contributed by atoms with E-state index in [-0.39, 0.29) is 0 Å². The molecule has 0 unspecified atom stereocenters. The molecule has 0 spiro atoms. The van der Waals surface area contributed by atoms with Gasteiger partial charge in [-0.15, -0.1) is 0 Å². The van der Waals surface area contributed by atoms with Gasteiger partial charge in [0.2, 0.25) is 0 Å². The van der Waals surface area contributed by atoms with Gasteiger partial charge in [-0.05, 0) is 35.4 Å². The molecule has 0 aliphatic carbocycles. The van der Waals surface area contributed by atoms with Crippen LogP contribution in [-0.4, -0.2) is 40.5 Å². The van der Waals surface area contributed by atoms with Crippen LogP contribution in [0.15, 0.2) is 48.5 Å². The molecule has 0 radical (unpaired) electrons. The molecule has 0 aliphatic rings. The molecule has 5 nitrogen and oxygen atoms in total. The topological polar surface area (TPSA) is 51.8 Å². The second-order valence-corrected chi connectivity index (χ2v) is 5.73. The van der Waals surface area contributed by atoms with E-state index in [1.807, 2.05) is 24.3 Å². The number of benzene rings is 2. The average Bonchev–Trinajstić information content (AvgIpc) is 2.65. The van der Waals surface area contributed by atoms with Crippen molar-refractivity contribution in [3.63, 3.8) is 0 Å². The Hall–Kier alpha value is -1.92. The lowest BCUT2D eigenvalue weighted by Crippen LogP contribution is -2.18. The Morgan fingerprint density at radius 3 is 1.40 bits per heavy atom. The first-order valence-corrected chi connectivity index (χ1v) is 8.57. The SMILES string of the molecule is COCCNCc1ccc(Oc2ccc(CNCCOC)cc2)cc1. The molecule has 2 aromatic carbocycles. The molecule has 2 aromatic rings. The summed E-state index contributed by atoms with van der Waals surface area (Å²) >= 11 is 0. The van der Waals surface area contributed by atoms with Gasteiger partial charge < -0.3 is 24.8 Å². The van der Waals surface area contributed by atoms with E-state index in [1.54, 1.807) is 14.2 Å². The van der Waals surface area contributed by atoms with E-state index in [1.165, 1.54) is 11.1 Å². The van der Waals surface area contributed by atoms with Gasteiger partial charge in [0.15, 0.2) is 0 Å². The molecule has 0 aliphatic heterocycles. The summed E-state index contributed by atoms with van der Waals surface area (Å²) < 4.78 is 15.9. The quantitative estimate of drug-likeness (QED) is 0.580. The summed E-state index contributed by atoms with van der Waals surface area (Å²) in [7, 11) is 3.41. The molecule has 0 bridgehead atoms. The number of nitrogens with one attached hydrogen (secondary N) is 2. The minimum Gasteiger partial charge on any atom is -0.457 e. The van der Waals surface area contributed by atoms with Crippen molar-refractivity contribution in [3.8, 4) is 11.5 Å². The van der Waals surface area contributed by atoms with Crippen LogP contribution in [0.5, 0.6) is 11.5 Å². The number of hydrogen-bond donors (Lipinski definition) is 2. The molecule has 25 heavy (non-hydrogen) atoms. The standard InChI is InChI=1S/C20H28N2O3/c1-23-13-11-21-15-17-3-7-19(8-4-17)25-20-9-5-18(6-10-20)16-22-12-14-24-2/h3-10,21-22H,11-16H2,1-2H3. The summed E-state index contributed by atoms with van der Waals surface area (Å²) in [6, 6.07) is 16.3. The van der Waals surface area contributed by atoms with Crippen LogP contribution < -0.4 is 15.4 Å². The van der Waals surface area contributed by atoms with Crippen LogP contribution in [0.2, 0.25) is 0 Å². The highest BCUT2D eigenvalue weighted by molar-refractivity contribution is 5.34. The van der Waals surface area contributed by atoms with E-state index in [2.05, 4.69) is 34.9 Å². The van der Waals surface area contributed by atoms with Crippen molar-refractivity contribution in [2.45, 2.75) is 13.1 Å². The molecular formula is C20H28N2O3. The van der Waals surface area contributed by atoms with Gasteiger partial charge in [-0.3, -0.25) is 0 Å². The summed E-state index contributed by atoms with van der Waals surface area (Å²) in [5, 5.41) is 6.65. The Morgan fingerprint density at radius 2 is 1.04 bits per heavy atom. The van der Waals surface area contributed by atoms with E-state index in [9.17, 15) is 0 Å². The number of ether oxygens (including phenoxy) is 3. The maximum Gasteiger partial charge on any atom is 0.127 e. The van der Waals surface area contributed by atoms with Gasteiger partial charge in [0.1, 0.15) is 11.5 Å². The van der Waals surface area contributed by atoms with Crippen LogP contribution >= 0.6 is 0 Å². The van der Waals surface area contributed by atoms with Crippen molar-refractivity contribution < 1.29 is 14.2 Å². The van der Waals surface area contributed by atoms with Crippen molar-refractivity contribution in [3.05, 3.63) is 59.7 Å². The molecule has 5 heteroatoms. The van der Waals surface area contributed by atoms with Crippen molar-refractivity contribution in [1.29, 1.82) is 0 Å². The van der Waals surface area contributed by atoms with Crippen LogP contribution in [0.1, 0.15) is 11.1 Å². The minimum absolute atomic E-state index is 0.721. The van der Waals surface area contributed by atoms with Crippen LogP contribution in [-0.2, 0) is 22.6 Å². The molecule has 0 aromatic heterocycles. The van der Waals surface area contributed by atoms with Gasteiger partial charge in [0.05, 0.1) is 13.2 Å². The fourth-order valence-corrected chi connectivity index (χ4v) is 2.30. The molecule has 0 heterocycles. The van der Waals surface area contributed by atoms with E-state index in [0.717, 1.165) is 50.9 Å². The van der Waals surface area contributed by atoms with Gasteiger partial charge in [-0.2, -0.15) is 0 Å². The molecule has 0 saturated heterocycles. The predicted octanol–water partition coefficient (Wildman–Crippen LogP) is 2.95. The monoisotopic (exact) mass is 344 g/mol. The third kappa shape index (κ3) is 7.67. The van der Waals surface area contributed by atoms with Crippen molar-refractivity contribution in [1.82, 2.24) is 10.6 Å². The highest BCUT2D eigenvalue weighted by Crippen LogP contribution is 2.22. The second-order valence-electron chi connectivity index (χ2n) is 5.73. The number of methoxy groups -OCH3 is 2. The second kappa shape index (κ2) is 11.6. The summed E-state index contributed by atoms with van der Waals surface area (Å²) in [6.07, 6.45) is 0. The molecule has 0 fully saturated rings. The third-order valence-corrected chi connectivity index (χ3v) is 3.71. The summed E-state index contributed by atoms with van der Waals surface area (Å²) in [5.41, 5.74) is 2.45. The molecular weight excluding hydrogens is 316 g/mol. The van der Waals surface area contributed by atoms with Gasteiger partial charge in [-0.25, -0.2) is 0 Å².